The van der Waals surface area contributed by atoms with Crippen molar-refractivity contribution in [2.45, 2.75) is 13.3 Å². The average molecular weight is 218 g/mol. The molecule has 0 saturated heterocycles. The van der Waals surface area contributed by atoms with E-state index < -0.39 is 0 Å². The molecule has 2 heteroatoms. The number of benzene rings is 1. The van der Waals surface area contributed by atoms with Crippen molar-refractivity contribution >= 4 is 11.3 Å². The molecular weight excluding hydrogens is 204 g/mol. The molecule has 0 aliphatic rings. The Labute approximate surface area is 94.3 Å². The van der Waals surface area contributed by atoms with Crippen LogP contribution in [0.25, 0.3) is 0 Å². The minimum absolute atomic E-state index is 0.726. The Balaban J connectivity index is 2.04. The molecule has 1 aromatic heterocycles. The highest BCUT2D eigenvalue weighted by atomic mass is 32.1. The molecule has 1 nitrogen and oxygen atoms in total. The van der Waals surface area contributed by atoms with Gasteiger partial charge in [-0.25, -0.2) is 0 Å². The molecule has 0 saturated carbocycles. The fraction of sp³-hybridized carbons (Fsp3) is 0.231. The summed E-state index contributed by atoms with van der Waals surface area (Å²) in [5.74, 6) is 0.951. The molecule has 0 spiro atoms. The summed E-state index contributed by atoms with van der Waals surface area (Å²) in [4.78, 5) is 0. The van der Waals surface area contributed by atoms with E-state index in [0.717, 1.165) is 18.8 Å². The predicted molar refractivity (Wildman–Crippen MR) is 64.7 cm³/mol. The van der Waals surface area contributed by atoms with Gasteiger partial charge in [-0.15, -0.1) is 0 Å². The van der Waals surface area contributed by atoms with Gasteiger partial charge in [-0.2, -0.15) is 11.3 Å². The number of ether oxygens (including phenoxy) is 1. The maximum absolute atomic E-state index is 5.40. The van der Waals surface area contributed by atoms with Crippen LogP contribution in [-0.2, 0) is 6.42 Å². The van der Waals surface area contributed by atoms with Crippen LogP contribution in [0.15, 0.2) is 41.1 Å². The second-order valence-corrected chi connectivity index (χ2v) is 4.17. The minimum Gasteiger partial charge on any atom is -0.494 e. The van der Waals surface area contributed by atoms with Crippen molar-refractivity contribution in [2.75, 3.05) is 6.61 Å². The molecule has 78 valence electrons. The normalized spacial score (nSPS) is 10.2. The van der Waals surface area contributed by atoms with Gasteiger partial charge in [0.05, 0.1) is 6.61 Å². The van der Waals surface area contributed by atoms with E-state index in [1.807, 2.05) is 19.1 Å². The molecule has 0 bridgehead atoms. The van der Waals surface area contributed by atoms with Crippen LogP contribution in [-0.4, -0.2) is 6.61 Å². The first-order valence-corrected chi connectivity index (χ1v) is 6.05. The molecule has 0 radical (unpaired) electrons. The van der Waals surface area contributed by atoms with Crippen molar-refractivity contribution in [1.29, 1.82) is 0 Å². The Hall–Kier alpha value is -1.28. The highest BCUT2D eigenvalue weighted by Crippen LogP contribution is 2.16. The fourth-order valence-electron chi connectivity index (χ4n) is 1.50. The van der Waals surface area contributed by atoms with E-state index in [9.17, 15) is 0 Å². The zero-order chi connectivity index (χ0) is 10.5. The Morgan fingerprint density at radius 1 is 1.07 bits per heavy atom. The lowest BCUT2D eigenvalue weighted by molar-refractivity contribution is 0.340. The number of hydrogen-bond donors (Lipinski definition) is 0. The van der Waals surface area contributed by atoms with Gasteiger partial charge in [0, 0.05) is 0 Å². The van der Waals surface area contributed by atoms with Crippen molar-refractivity contribution in [3.8, 4) is 5.75 Å². The van der Waals surface area contributed by atoms with Crippen molar-refractivity contribution < 1.29 is 4.74 Å². The van der Waals surface area contributed by atoms with E-state index in [1.54, 1.807) is 11.3 Å². The van der Waals surface area contributed by atoms with Crippen LogP contribution < -0.4 is 4.74 Å². The van der Waals surface area contributed by atoms with E-state index in [2.05, 4.69) is 29.0 Å². The predicted octanol–water partition coefficient (Wildman–Crippen LogP) is 3.74. The summed E-state index contributed by atoms with van der Waals surface area (Å²) >= 11 is 1.75. The van der Waals surface area contributed by atoms with E-state index in [4.69, 9.17) is 4.74 Å². The lowest BCUT2D eigenvalue weighted by atomic mass is 10.1. The smallest absolute Gasteiger partial charge is 0.119 e. The molecule has 1 aromatic carbocycles. The molecular formula is C13H14OS. The lowest BCUT2D eigenvalue weighted by Crippen LogP contribution is -1.91. The Morgan fingerprint density at radius 3 is 2.47 bits per heavy atom. The monoisotopic (exact) mass is 218 g/mol. The summed E-state index contributed by atoms with van der Waals surface area (Å²) < 4.78 is 5.40. The number of hydrogen-bond acceptors (Lipinski definition) is 2. The van der Waals surface area contributed by atoms with Crippen LogP contribution in [0, 0.1) is 0 Å². The second-order valence-electron chi connectivity index (χ2n) is 3.39. The van der Waals surface area contributed by atoms with Gasteiger partial charge in [0.2, 0.25) is 0 Å². The maximum Gasteiger partial charge on any atom is 0.119 e. The second kappa shape index (κ2) is 4.99. The third kappa shape index (κ3) is 2.83. The zero-order valence-corrected chi connectivity index (χ0v) is 9.59. The number of thiophene rings is 1. The van der Waals surface area contributed by atoms with Gasteiger partial charge >= 0.3 is 0 Å². The molecule has 1 heterocycles. The van der Waals surface area contributed by atoms with E-state index >= 15 is 0 Å². The van der Waals surface area contributed by atoms with Gasteiger partial charge in [0.1, 0.15) is 5.75 Å². The van der Waals surface area contributed by atoms with Crippen LogP contribution in [0.4, 0.5) is 0 Å². The van der Waals surface area contributed by atoms with Crippen molar-refractivity contribution in [2.24, 2.45) is 0 Å². The first-order valence-electron chi connectivity index (χ1n) is 5.11. The summed E-state index contributed by atoms with van der Waals surface area (Å²) in [5, 5.41) is 4.31. The zero-order valence-electron chi connectivity index (χ0n) is 8.77. The van der Waals surface area contributed by atoms with Crippen LogP contribution >= 0.6 is 11.3 Å². The molecule has 0 aliphatic heterocycles. The summed E-state index contributed by atoms with van der Waals surface area (Å²) in [5.41, 5.74) is 2.71. The van der Waals surface area contributed by atoms with Gasteiger partial charge in [0.15, 0.2) is 0 Å². The Kier molecular flexibility index (Phi) is 3.41. The third-order valence-corrected chi connectivity index (χ3v) is 2.95. The molecule has 2 rings (SSSR count). The molecule has 15 heavy (non-hydrogen) atoms. The quantitative estimate of drug-likeness (QED) is 0.759. The van der Waals surface area contributed by atoms with Crippen molar-refractivity contribution in [3.63, 3.8) is 0 Å². The molecule has 0 unspecified atom stereocenters. The Morgan fingerprint density at radius 2 is 1.87 bits per heavy atom. The molecule has 0 fully saturated rings. The Bertz CT molecular complexity index is 389. The van der Waals surface area contributed by atoms with E-state index in [1.165, 1.54) is 11.1 Å². The van der Waals surface area contributed by atoms with Gasteiger partial charge < -0.3 is 4.74 Å². The van der Waals surface area contributed by atoms with Crippen LogP contribution in [0.5, 0.6) is 5.75 Å². The third-order valence-electron chi connectivity index (χ3n) is 2.22. The summed E-state index contributed by atoms with van der Waals surface area (Å²) in [6.07, 6.45) is 1.01. The first-order chi connectivity index (χ1) is 7.38. The van der Waals surface area contributed by atoms with Gasteiger partial charge in [-0.3, -0.25) is 0 Å². The minimum atomic E-state index is 0.726. The SMILES string of the molecule is CCOc1ccc(Cc2ccsc2)cc1. The highest BCUT2D eigenvalue weighted by molar-refractivity contribution is 7.07. The maximum atomic E-state index is 5.40. The van der Waals surface area contributed by atoms with E-state index in [-0.39, 0.29) is 0 Å². The van der Waals surface area contributed by atoms with Crippen LogP contribution in [0.1, 0.15) is 18.1 Å². The molecule has 0 amide bonds. The van der Waals surface area contributed by atoms with Crippen molar-refractivity contribution in [1.82, 2.24) is 0 Å². The summed E-state index contributed by atoms with van der Waals surface area (Å²) in [7, 11) is 0. The molecule has 2 aromatic rings. The van der Waals surface area contributed by atoms with Gasteiger partial charge in [-0.05, 0) is 53.4 Å². The molecule has 0 atom stereocenters. The standard InChI is InChI=1S/C13H14OS/c1-2-14-13-5-3-11(4-6-13)9-12-7-8-15-10-12/h3-8,10H,2,9H2,1H3. The lowest BCUT2D eigenvalue weighted by Gasteiger charge is -2.04. The van der Waals surface area contributed by atoms with Gasteiger partial charge in [0.25, 0.3) is 0 Å². The molecule has 0 N–H and O–H groups in total. The topological polar surface area (TPSA) is 9.23 Å². The number of rotatable bonds is 4. The van der Waals surface area contributed by atoms with E-state index in [0.29, 0.717) is 0 Å². The molecule has 0 aliphatic carbocycles. The fourth-order valence-corrected chi connectivity index (χ4v) is 2.17. The van der Waals surface area contributed by atoms with Gasteiger partial charge in [-0.1, -0.05) is 12.1 Å². The summed E-state index contributed by atoms with van der Waals surface area (Å²) in [6.45, 7) is 2.73. The van der Waals surface area contributed by atoms with Crippen LogP contribution in [0.3, 0.4) is 0 Å². The van der Waals surface area contributed by atoms with Crippen molar-refractivity contribution in [3.05, 3.63) is 52.2 Å². The highest BCUT2D eigenvalue weighted by Gasteiger charge is 1.97. The first kappa shape index (κ1) is 10.2. The largest absolute Gasteiger partial charge is 0.494 e. The summed E-state index contributed by atoms with van der Waals surface area (Å²) in [6, 6.07) is 10.5. The van der Waals surface area contributed by atoms with Crippen LogP contribution in [0.2, 0.25) is 0 Å². The average Bonchev–Trinajstić information content (AvgIpc) is 2.74.